The molecule has 1 aromatic heterocycles. The summed E-state index contributed by atoms with van der Waals surface area (Å²) >= 11 is 0. The molecule has 2 aliphatic heterocycles. The molecule has 0 saturated carbocycles. The number of hydrogen-bond acceptors (Lipinski definition) is 7. The Bertz CT molecular complexity index is 994. The second kappa shape index (κ2) is 10.9. The molecular formula is C24H30F4N6O. The predicted molar refractivity (Wildman–Crippen MR) is 124 cm³/mol. The standard InChI is InChI=1S/C24H30F4N6O/c25-21-22(30-13-16-7-10-33(11-8-16)19(12-29)14-35)31-15-32-23(21)34-9-1-2-20(34)17-3-5-18(6-4-17)24(26,27)28/h3-6,14-16,19-20H,1-2,7-13,29H2,(H,30,31,32)/t19?,20-/m1/s1. The van der Waals surface area contributed by atoms with Gasteiger partial charge in [0.05, 0.1) is 17.6 Å². The molecule has 190 valence electrons. The maximum atomic E-state index is 15.4. The van der Waals surface area contributed by atoms with E-state index in [4.69, 9.17) is 5.73 Å². The number of carbonyl (C=O) groups is 1. The number of piperidine rings is 1. The first-order valence-corrected chi connectivity index (χ1v) is 11.9. The van der Waals surface area contributed by atoms with Crippen LogP contribution < -0.4 is 16.0 Å². The van der Waals surface area contributed by atoms with Crippen molar-refractivity contribution in [3.8, 4) is 0 Å². The summed E-state index contributed by atoms with van der Waals surface area (Å²) in [4.78, 5) is 23.3. The topological polar surface area (TPSA) is 87.4 Å². The minimum Gasteiger partial charge on any atom is -0.367 e. The third-order valence-corrected chi connectivity index (χ3v) is 6.99. The van der Waals surface area contributed by atoms with E-state index >= 15 is 4.39 Å². The summed E-state index contributed by atoms with van der Waals surface area (Å²) in [6.45, 7) is 2.90. The Morgan fingerprint density at radius 1 is 1.11 bits per heavy atom. The number of aldehydes is 1. The number of alkyl halides is 3. The first kappa shape index (κ1) is 25.3. The van der Waals surface area contributed by atoms with Crippen LogP contribution in [0.4, 0.5) is 29.2 Å². The van der Waals surface area contributed by atoms with Crippen molar-refractivity contribution in [2.45, 2.75) is 43.9 Å². The minimum absolute atomic E-state index is 0.114. The highest BCUT2D eigenvalue weighted by Gasteiger charge is 2.33. The predicted octanol–water partition coefficient (Wildman–Crippen LogP) is 3.63. The average Bonchev–Trinajstić information content (AvgIpc) is 3.34. The molecule has 4 rings (SSSR count). The Kier molecular flexibility index (Phi) is 7.85. The normalized spacial score (nSPS) is 20.7. The van der Waals surface area contributed by atoms with Gasteiger partial charge in [0.15, 0.2) is 11.6 Å². The summed E-state index contributed by atoms with van der Waals surface area (Å²) in [5, 5.41) is 3.11. The van der Waals surface area contributed by atoms with E-state index in [9.17, 15) is 18.0 Å². The number of likely N-dealkylation sites (tertiary alicyclic amines) is 1. The zero-order chi connectivity index (χ0) is 25.0. The van der Waals surface area contributed by atoms with E-state index in [1.807, 2.05) is 0 Å². The molecule has 2 aliphatic rings. The van der Waals surface area contributed by atoms with Crippen LogP contribution >= 0.6 is 0 Å². The molecule has 0 radical (unpaired) electrons. The molecule has 0 bridgehead atoms. The van der Waals surface area contributed by atoms with Crippen LogP contribution in [0.1, 0.15) is 42.9 Å². The van der Waals surface area contributed by atoms with E-state index in [0.29, 0.717) is 37.5 Å². The molecule has 0 amide bonds. The number of nitrogens with zero attached hydrogens (tertiary/aromatic N) is 4. The molecule has 2 saturated heterocycles. The van der Waals surface area contributed by atoms with Gasteiger partial charge in [-0.05, 0) is 62.4 Å². The number of nitrogens with one attached hydrogen (secondary N) is 1. The van der Waals surface area contributed by atoms with Crippen molar-refractivity contribution < 1.29 is 22.4 Å². The van der Waals surface area contributed by atoms with Gasteiger partial charge < -0.3 is 20.7 Å². The van der Waals surface area contributed by atoms with Crippen molar-refractivity contribution >= 4 is 17.9 Å². The van der Waals surface area contributed by atoms with Gasteiger partial charge in [-0.25, -0.2) is 9.97 Å². The highest BCUT2D eigenvalue weighted by molar-refractivity contribution is 5.58. The molecule has 2 aromatic rings. The van der Waals surface area contributed by atoms with E-state index < -0.39 is 17.6 Å². The van der Waals surface area contributed by atoms with E-state index in [-0.39, 0.29) is 23.7 Å². The highest BCUT2D eigenvalue weighted by Crippen LogP contribution is 2.38. The average molecular weight is 495 g/mol. The van der Waals surface area contributed by atoms with Gasteiger partial charge in [-0.2, -0.15) is 17.6 Å². The molecule has 1 unspecified atom stereocenters. The number of nitrogens with two attached hydrogens (primary N) is 1. The zero-order valence-electron chi connectivity index (χ0n) is 19.3. The minimum atomic E-state index is -4.40. The fourth-order valence-corrected chi connectivity index (χ4v) is 4.97. The zero-order valence-corrected chi connectivity index (χ0v) is 19.3. The van der Waals surface area contributed by atoms with Crippen LogP contribution in [-0.2, 0) is 11.0 Å². The second-order valence-electron chi connectivity index (χ2n) is 9.13. The van der Waals surface area contributed by atoms with Gasteiger partial charge in [0.1, 0.15) is 12.6 Å². The summed E-state index contributed by atoms with van der Waals surface area (Å²) in [5.74, 6) is 0.00781. The van der Waals surface area contributed by atoms with Crippen LogP contribution in [0.25, 0.3) is 0 Å². The first-order valence-electron chi connectivity index (χ1n) is 11.9. The highest BCUT2D eigenvalue weighted by atomic mass is 19.4. The van der Waals surface area contributed by atoms with E-state index in [0.717, 1.165) is 50.8 Å². The Labute approximate surface area is 201 Å². The van der Waals surface area contributed by atoms with Crippen molar-refractivity contribution in [1.29, 1.82) is 0 Å². The van der Waals surface area contributed by atoms with Gasteiger partial charge >= 0.3 is 6.18 Å². The van der Waals surface area contributed by atoms with Crippen LogP contribution in [0.5, 0.6) is 0 Å². The van der Waals surface area contributed by atoms with Crippen LogP contribution in [0.3, 0.4) is 0 Å². The summed E-state index contributed by atoms with van der Waals surface area (Å²) in [6.07, 6.45) is 0.984. The van der Waals surface area contributed by atoms with Crippen LogP contribution in [0, 0.1) is 11.7 Å². The van der Waals surface area contributed by atoms with E-state index in [1.165, 1.54) is 18.5 Å². The molecule has 2 fully saturated rings. The van der Waals surface area contributed by atoms with Crippen LogP contribution in [0.2, 0.25) is 0 Å². The third-order valence-electron chi connectivity index (χ3n) is 6.99. The quantitative estimate of drug-likeness (QED) is 0.428. The van der Waals surface area contributed by atoms with Crippen molar-refractivity contribution in [2.75, 3.05) is 42.9 Å². The van der Waals surface area contributed by atoms with E-state index in [1.54, 1.807) is 4.90 Å². The molecule has 0 spiro atoms. The number of carbonyl (C=O) groups excluding carboxylic acids is 1. The van der Waals surface area contributed by atoms with Crippen molar-refractivity contribution in [3.05, 3.63) is 47.5 Å². The molecule has 3 N–H and O–H groups in total. The van der Waals surface area contributed by atoms with Gasteiger partial charge in [-0.15, -0.1) is 0 Å². The summed E-state index contributed by atoms with van der Waals surface area (Å²) < 4.78 is 54.2. The second-order valence-corrected chi connectivity index (χ2v) is 9.13. The molecule has 1 aromatic carbocycles. The summed E-state index contributed by atoms with van der Waals surface area (Å²) in [6, 6.07) is 4.51. The number of benzene rings is 1. The third kappa shape index (κ3) is 5.72. The Hall–Kier alpha value is -2.79. The Morgan fingerprint density at radius 2 is 1.83 bits per heavy atom. The molecule has 11 heteroatoms. The fraction of sp³-hybridized carbons (Fsp3) is 0.542. The molecule has 35 heavy (non-hydrogen) atoms. The number of hydrogen-bond donors (Lipinski definition) is 2. The lowest BCUT2D eigenvalue weighted by Crippen LogP contribution is -2.46. The van der Waals surface area contributed by atoms with Crippen molar-refractivity contribution in [2.24, 2.45) is 11.7 Å². The van der Waals surface area contributed by atoms with Crippen molar-refractivity contribution in [1.82, 2.24) is 14.9 Å². The number of rotatable bonds is 8. The Morgan fingerprint density at radius 3 is 2.46 bits per heavy atom. The van der Waals surface area contributed by atoms with Gasteiger partial charge in [0, 0.05) is 19.6 Å². The summed E-state index contributed by atoms with van der Waals surface area (Å²) in [7, 11) is 0. The molecule has 3 heterocycles. The molecular weight excluding hydrogens is 464 g/mol. The monoisotopic (exact) mass is 494 g/mol. The molecule has 7 nitrogen and oxygen atoms in total. The SMILES string of the molecule is NCC(C=O)N1CCC(CNc2ncnc(N3CCC[C@@H]3c3ccc(C(F)(F)F)cc3)c2F)CC1. The largest absolute Gasteiger partial charge is 0.416 e. The maximum Gasteiger partial charge on any atom is 0.416 e. The lowest BCUT2D eigenvalue weighted by molar-refractivity contribution is -0.137. The first-order chi connectivity index (χ1) is 16.8. The van der Waals surface area contributed by atoms with Crippen LogP contribution in [-0.4, -0.2) is 59.9 Å². The van der Waals surface area contributed by atoms with Gasteiger partial charge in [-0.1, -0.05) is 12.1 Å². The smallest absolute Gasteiger partial charge is 0.367 e. The van der Waals surface area contributed by atoms with E-state index in [2.05, 4.69) is 20.2 Å². The Balaban J connectivity index is 1.41. The van der Waals surface area contributed by atoms with Crippen LogP contribution in [0.15, 0.2) is 30.6 Å². The van der Waals surface area contributed by atoms with Gasteiger partial charge in [-0.3, -0.25) is 4.90 Å². The fourth-order valence-electron chi connectivity index (χ4n) is 4.97. The van der Waals surface area contributed by atoms with Gasteiger partial charge in [0.2, 0.25) is 5.82 Å². The number of aromatic nitrogens is 2. The lowest BCUT2D eigenvalue weighted by Gasteiger charge is -2.35. The summed E-state index contributed by atoms with van der Waals surface area (Å²) in [5.41, 5.74) is 5.63. The number of halogens is 4. The maximum absolute atomic E-state index is 15.4. The van der Waals surface area contributed by atoms with Gasteiger partial charge in [0.25, 0.3) is 0 Å². The lowest BCUT2D eigenvalue weighted by atomic mass is 9.96. The number of anilines is 2. The van der Waals surface area contributed by atoms with Crippen molar-refractivity contribution in [3.63, 3.8) is 0 Å². The molecule has 2 atom stereocenters. The molecule has 0 aliphatic carbocycles.